The number of carbonyl (C=O) groups is 2. The molecule has 1 saturated heterocycles. The van der Waals surface area contributed by atoms with Crippen LogP contribution in [0, 0.1) is 11.6 Å². The first-order valence-corrected chi connectivity index (χ1v) is 9.30. The van der Waals surface area contributed by atoms with E-state index in [-0.39, 0.29) is 24.4 Å². The van der Waals surface area contributed by atoms with Crippen LogP contribution in [0.25, 0.3) is 0 Å². The third-order valence-corrected chi connectivity index (χ3v) is 4.78. The molecule has 0 radical (unpaired) electrons. The third-order valence-electron chi connectivity index (χ3n) is 4.78. The molecule has 0 aromatic heterocycles. The van der Waals surface area contributed by atoms with Gasteiger partial charge in [0.05, 0.1) is 0 Å². The van der Waals surface area contributed by atoms with Crippen molar-refractivity contribution in [2.75, 3.05) is 32.7 Å². The first-order chi connectivity index (χ1) is 13.5. The lowest BCUT2D eigenvalue weighted by atomic mass is 10.2. The number of nitrogens with one attached hydrogen (secondary N) is 1. The molecule has 1 heterocycles. The van der Waals surface area contributed by atoms with Gasteiger partial charge in [0.2, 0.25) is 5.91 Å². The maximum Gasteiger partial charge on any atom is 0.251 e. The van der Waals surface area contributed by atoms with Crippen molar-refractivity contribution in [1.29, 1.82) is 0 Å². The van der Waals surface area contributed by atoms with Crippen LogP contribution in [0.15, 0.2) is 48.5 Å². The highest BCUT2D eigenvalue weighted by molar-refractivity contribution is 5.94. The van der Waals surface area contributed by atoms with Crippen LogP contribution >= 0.6 is 0 Å². The summed E-state index contributed by atoms with van der Waals surface area (Å²) in [4.78, 5) is 28.4. The van der Waals surface area contributed by atoms with Gasteiger partial charge in [0.15, 0.2) is 11.6 Å². The number of carbonyl (C=O) groups excluding carboxylic acids is 2. The maximum absolute atomic E-state index is 13.2. The summed E-state index contributed by atoms with van der Waals surface area (Å²) in [5, 5.41) is 2.57. The molecule has 28 heavy (non-hydrogen) atoms. The lowest BCUT2D eigenvalue weighted by molar-refractivity contribution is -0.132. The van der Waals surface area contributed by atoms with Gasteiger partial charge in [-0.15, -0.1) is 0 Å². The molecule has 0 bridgehead atoms. The molecule has 0 aliphatic carbocycles. The van der Waals surface area contributed by atoms with Crippen molar-refractivity contribution in [2.45, 2.75) is 13.0 Å². The maximum atomic E-state index is 13.2. The predicted molar refractivity (Wildman–Crippen MR) is 102 cm³/mol. The molecule has 5 nitrogen and oxygen atoms in total. The minimum atomic E-state index is -1.07. The van der Waals surface area contributed by atoms with E-state index >= 15 is 0 Å². The lowest BCUT2D eigenvalue weighted by Crippen LogP contribution is -2.48. The van der Waals surface area contributed by atoms with Crippen molar-refractivity contribution >= 4 is 11.8 Å². The Hall–Kier alpha value is -2.80. The van der Waals surface area contributed by atoms with Crippen molar-refractivity contribution in [3.05, 3.63) is 71.3 Å². The quantitative estimate of drug-likeness (QED) is 0.828. The summed E-state index contributed by atoms with van der Waals surface area (Å²) in [5.41, 5.74) is 1.28. The standard InChI is InChI=1S/C21H23F2N3O2/c22-18-7-6-17(14-19(18)23)21(28)24-9-8-20(27)26-12-10-25(11-13-26)15-16-4-2-1-3-5-16/h1-7,14H,8-13,15H2,(H,24,28). The van der Waals surface area contributed by atoms with Gasteiger partial charge in [-0.3, -0.25) is 14.5 Å². The fourth-order valence-electron chi connectivity index (χ4n) is 3.18. The van der Waals surface area contributed by atoms with Crippen LogP contribution < -0.4 is 5.32 Å². The third kappa shape index (κ3) is 5.36. The molecule has 2 amide bonds. The van der Waals surface area contributed by atoms with Crippen LogP contribution in [0.5, 0.6) is 0 Å². The normalized spacial score (nSPS) is 14.7. The number of halogens is 2. The number of piperazine rings is 1. The SMILES string of the molecule is O=C(NCCC(=O)N1CCN(Cc2ccccc2)CC1)c1ccc(F)c(F)c1. The highest BCUT2D eigenvalue weighted by Gasteiger charge is 2.21. The predicted octanol–water partition coefficient (Wildman–Crippen LogP) is 2.43. The second-order valence-electron chi connectivity index (χ2n) is 6.78. The fraction of sp³-hybridized carbons (Fsp3) is 0.333. The number of amides is 2. The first-order valence-electron chi connectivity index (χ1n) is 9.30. The number of nitrogens with zero attached hydrogens (tertiary/aromatic N) is 2. The minimum absolute atomic E-state index is 0.0232. The van der Waals surface area contributed by atoms with Crippen molar-refractivity contribution in [3.63, 3.8) is 0 Å². The molecule has 0 saturated carbocycles. The summed E-state index contributed by atoms with van der Waals surface area (Å²) in [7, 11) is 0. The zero-order valence-corrected chi connectivity index (χ0v) is 15.5. The summed E-state index contributed by atoms with van der Waals surface area (Å²) in [6.07, 6.45) is 0.175. The number of benzene rings is 2. The number of hydrogen-bond acceptors (Lipinski definition) is 3. The molecule has 1 N–H and O–H groups in total. The van der Waals surface area contributed by atoms with Gasteiger partial charge in [0, 0.05) is 51.3 Å². The smallest absolute Gasteiger partial charge is 0.251 e. The van der Waals surface area contributed by atoms with Crippen LogP contribution in [0.3, 0.4) is 0 Å². The van der Waals surface area contributed by atoms with Crippen LogP contribution in [0.2, 0.25) is 0 Å². The van der Waals surface area contributed by atoms with Crippen molar-refractivity contribution in [2.24, 2.45) is 0 Å². The molecular weight excluding hydrogens is 364 g/mol. The summed E-state index contributed by atoms with van der Waals surface area (Å²) in [5.74, 6) is -2.63. The molecule has 0 spiro atoms. The van der Waals surface area contributed by atoms with E-state index in [1.807, 2.05) is 18.2 Å². The van der Waals surface area contributed by atoms with E-state index in [0.29, 0.717) is 13.1 Å². The van der Waals surface area contributed by atoms with Crippen LogP contribution in [0.4, 0.5) is 8.78 Å². The largest absolute Gasteiger partial charge is 0.352 e. The van der Waals surface area contributed by atoms with E-state index in [0.717, 1.165) is 31.8 Å². The van der Waals surface area contributed by atoms with Gasteiger partial charge in [-0.05, 0) is 23.8 Å². The van der Waals surface area contributed by atoms with Crippen LogP contribution in [-0.2, 0) is 11.3 Å². The van der Waals surface area contributed by atoms with E-state index < -0.39 is 17.5 Å². The van der Waals surface area contributed by atoms with E-state index in [4.69, 9.17) is 0 Å². The second kappa shape index (κ2) is 9.41. The minimum Gasteiger partial charge on any atom is -0.352 e. The Bertz CT molecular complexity index is 822. The fourth-order valence-corrected chi connectivity index (χ4v) is 3.18. The summed E-state index contributed by atoms with van der Waals surface area (Å²) < 4.78 is 26.1. The van der Waals surface area contributed by atoms with Gasteiger partial charge in [-0.25, -0.2) is 8.78 Å². The zero-order valence-electron chi connectivity index (χ0n) is 15.5. The van der Waals surface area contributed by atoms with E-state index in [1.54, 1.807) is 4.90 Å². The highest BCUT2D eigenvalue weighted by Crippen LogP contribution is 2.10. The molecule has 148 valence electrons. The second-order valence-corrected chi connectivity index (χ2v) is 6.78. The monoisotopic (exact) mass is 387 g/mol. The van der Waals surface area contributed by atoms with Gasteiger partial charge in [0.1, 0.15) is 0 Å². The van der Waals surface area contributed by atoms with Gasteiger partial charge in [0.25, 0.3) is 5.91 Å². The molecule has 3 rings (SSSR count). The molecule has 2 aromatic rings. The Balaban J connectivity index is 1.38. The van der Waals surface area contributed by atoms with Crippen molar-refractivity contribution in [3.8, 4) is 0 Å². The van der Waals surface area contributed by atoms with E-state index in [1.165, 1.54) is 11.6 Å². The zero-order chi connectivity index (χ0) is 19.9. The number of rotatable bonds is 6. The first kappa shape index (κ1) is 19.9. The highest BCUT2D eigenvalue weighted by atomic mass is 19.2. The topological polar surface area (TPSA) is 52.7 Å². The molecule has 0 atom stereocenters. The Morgan fingerprint density at radius 2 is 1.64 bits per heavy atom. The molecule has 0 unspecified atom stereocenters. The molecule has 7 heteroatoms. The molecular formula is C21H23F2N3O2. The molecule has 1 aliphatic rings. The van der Waals surface area contributed by atoms with Gasteiger partial charge >= 0.3 is 0 Å². The summed E-state index contributed by atoms with van der Waals surface area (Å²) in [6.45, 7) is 3.95. The van der Waals surface area contributed by atoms with E-state index in [2.05, 4.69) is 22.3 Å². The molecule has 1 fully saturated rings. The number of hydrogen-bond donors (Lipinski definition) is 1. The summed E-state index contributed by atoms with van der Waals surface area (Å²) in [6, 6.07) is 13.2. The van der Waals surface area contributed by atoms with E-state index in [9.17, 15) is 18.4 Å². The van der Waals surface area contributed by atoms with Crippen LogP contribution in [-0.4, -0.2) is 54.3 Å². The average molecular weight is 387 g/mol. The Morgan fingerprint density at radius 1 is 0.929 bits per heavy atom. The van der Waals surface area contributed by atoms with Crippen molar-refractivity contribution in [1.82, 2.24) is 15.1 Å². The van der Waals surface area contributed by atoms with Gasteiger partial charge < -0.3 is 10.2 Å². The van der Waals surface area contributed by atoms with Crippen molar-refractivity contribution < 1.29 is 18.4 Å². The summed E-state index contributed by atoms with van der Waals surface area (Å²) >= 11 is 0. The van der Waals surface area contributed by atoms with Gasteiger partial charge in [-0.2, -0.15) is 0 Å². The van der Waals surface area contributed by atoms with Gasteiger partial charge in [-0.1, -0.05) is 30.3 Å². The lowest BCUT2D eigenvalue weighted by Gasteiger charge is -2.34. The average Bonchev–Trinajstić information content (AvgIpc) is 2.71. The molecule has 2 aromatic carbocycles. The molecule has 1 aliphatic heterocycles. The Labute approximate surface area is 162 Å². The Kier molecular flexibility index (Phi) is 6.71. The van der Waals surface area contributed by atoms with Crippen LogP contribution in [0.1, 0.15) is 22.3 Å². The Morgan fingerprint density at radius 3 is 2.32 bits per heavy atom.